The predicted molar refractivity (Wildman–Crippen MR) is 164 cm³/mol. The Morgan fingerprint density at radius 2 is 1.82 bits per heavy atom. The average Bonchev–Trinajstić information content (AvgIpc) is 3.37. The van der Waals surface area contributed by atoms with Crippen molar-refractivity contribution in [2.24, 2.45) is 5.92 Å². The van der Waals surface area contributed by atoms with Gasteiger partial charge >= 0.3 is 12.1 Å². The van der Waals surface area contributed by atoms with Gasteiger partial charge in [0.05, 0.1) is 35.6 Å². The third-order valence-electron chi connectivity index (χ3n) is 6.38. The molecule has 45 heavy (non-hydrogen) atoms. The van der Waals surface area contributed by atoms with Crippen molar-refractivity contribution in [3.63, 3.8) is 0 Å². The highest BCUT2D eigenvalue weighted by Crippen LogP contribution is 2.37. The number of carbonyl (C=O) groups is 2. The number of hydrogen-bond acceptors (Lipinski definition) is 9. The van der Waals surface area contributed by atoms with Gasteiger partial charge in [-0.05, 0) is 70.2 Å². The molecule has 3 aromatic rings. The van der Waals surface area contributed by atoms with Crippen LogP contribution in [0.1, 0.15) is 66.4 Å². The number of carboxylic acid groups (broad SMARTS) is 1. The first-order valence-electron chi connectivity index (χ1n) is 14.0. The molecule has 1 aliphatic heterocycles. The third-order valence-corrected chi connectivity index (χ3v) is 7.46. The maximum absolute atomic E-state index is 14.9. The second kappa shape index (κ2) is 16.1. The highest BCUT2D eigenvalue weighted by atomic mass is 32.2. The van der Waals surface area contributed by atoms with Crippen molar-refractivity contribution in [1.29, 1.82) is 0 Å². The molecule has 1 fully saturated rings. The van der Waals surface area contributed by atoms with Crippen LogP contribution in [0.3, 0.4) is 0 Å². The lowest BCUT2D eigenvalue weighted by Crippen LogP contribution is -2.32. The fourth-order valence-electron chi connectivity index (χ4n) is 4.31. The van der Waals surface area contributed by atoms with Crippen LogP contribution in [0.2, 0.25) is 0 Å². The number of aliphatic hydroxyl groups is 1. The van der Waals surface area contributed by atoms with E-state index in [1.54, 1.807) is 26.8 Å². The quantitative estimate of drug-likeness (QED) is 0.158. The van der Waals surface area contributed by atoms with Gasteiger partial charge in [-0.25, -0.2) is 18.7 Å². The summed E-state index contributed by atoms with van der Waals surface area (Å²) in [6, 6.07) is 4.36. The summed E-state index contributed by atoms with van der Waals surface area (Å²) < 4.78 is 59.1. The van der Waals surface area contributed by atoms with Crippen molar-refractivity contribution in [3.05, 3.63) is 48.2 Å². The Hall–Kier alpha value is -3.56. The third kappa shape index (κ3) is 11.7. The number of nitrogens with zero attached hydrogens (tertiary/aromatic N) is 5. The number of nitrogens with one attached hydrogen (secondary N) is 1. The lowest BCUT2D eigenvalue weighted by molar-refractivity contribution is -0.143. The van der Waals surface area contributed by atoms with E-state index in [0.29, 0.717) is 37.0 Å². The molecule has 1 saturated heterocycles. The molecule has 0 amide bonds. The number of benzene rings is 1. The smallest absolute Gasteiger partial charge is 0.419 e. The van der Waals surface area contributed by atoms with Gasteiger partial charge in [0.2, 0.25) is 5.95 Å². The molecule has 3 heterocycles. The summed E-state index contributed by atoms with van der Waals surface area (Å²) in [5.74, 6) is -1.79. The fourth-order valence-corrected chi connectivity index (χ4v) is 5.28. The van der Waals surface area contributed by atoms with Gasteiger partial charge in [0.15, 0.2) is 0 Å². The maximum Gasteiger partial charge on any atom is 0.419 e. The van der Waals surface area contributed by atoms with Crippen molar-refractivity contribution >= 4 is 35.3 Å². The number of hydrogen-bond donors (Lipinski definition) is 3. The second-order valence-corrected chi connectivity index (χ2v) is 12.2. The van der Waals surface area contributed by atoms with E-state index < -0.39 is 34.8 Å². The molecule has 0 atom stereocenters. The Labute approximate surface area is 264 Å². The van der Waals surface area contributed by atoms with Crippen LogP contribution in [-0.2, 0) is 22.3 Å². The first-order valence-corrected chi connectivity index (χ1v) is 14.7. The van der Waals surface area contributed by atoms with E-state index >= 15 is 0 Å². The molecule has 2 aromatic heterocycles. The highest BCUT2D eigenvalue weighted by molar-refractivity contribution is 7.97. The number of carboxylic acids is 1. The van der Waals surface area contributed by atoms with Crippen molar-refractivity contribution in [3.8, 4) is 11.3 Å². The number of carbonyl (C=O) groups excluding carboxylic acids is 1. The maximum atomic E-state index is 14.9. The molecular weight excluding hydrogens is 616 g/mol. The molecule has 0 aliphatic carbocycles. The SMILES string of the molecule is C.CC(C)(O)Cn1cc(-c2nc(Nc3ccc(SN4CCC(C(=O)O)CC4)cc3F)ncc2C(F)(F)F)cn1.CCCC(C)=O. The van der Waals surface area contributed by atoms with Gasteiger partial charge in [-0.2, -0.15) is 18.3 Å². The highest BCUT2D eigenvalue weighted by Gasteiger charge is 2.36. The summed E-state index contributed by atoms with van der Waals surface area (Å²) in [5, 5.41) is 25.7. The summed E-state index contributed by atoms with van der Waals surface area (Å²) in [6.45, 7) is 7.86. The van der Waals surface area contributed by atoms with Gasteiger partial charge in [0.1, 0.15) is 17.2 Å². The van der Waals surface area contributed by atoms with E-state index in [2.05, 4.69) is 20.4 Å². The molecular formula is C30H40F4N6O4S. The minimum atomic E-state index is -4.74. The zero-order valence-electron chi connectivity index (χ0n) is 24.9. The minimum absolute atomic E-state index is 0. The van der Waals surface area contributed by atoms with Crippen LogP contribution in [0.4, 0.5) is 29.2 Å². The first kappa shape index (κ1) is 37.6. The Balaban J connectivity index is 0.000000918. The van der Waals surface area contributed by atoms with Gasteiger partial charge in [0.25, 0.3) is 0 Å². The van der Waals surface area contributed by atoms with E-state index in [1.165, 1.54) is 41.2 Å². The monoisotopic (exact) mass is 656 g/mol. The molecule has 0 bridgehead atoms. The fraction of sp³-hybridized carbons (Fsp3) is 0.500. The van der Waals surface area contributed by atoms with Crippen LogP contribution in [0.5, 0.6) is 0 Å². The Morgan fingerprint density at radius 3 is 2.33 bits per heavy atom. The lowest BCUT2D eigenvalue weighted by atomic mass is 9.99. The van der Waals surface area contributed by atoms with Crippen molar-refractivity contribution in [1.82, 2.24) is 24.1 Å². The molecule has 0 unspecified atom stereocenters. The Kier molecular flexibility index (Phi) is 13.5. The predicted octanol–water partition coefficient (Wildman–Crippen LogP) is 6.83. The van der Waals surface area contributed by atoms with Crippen molar-refractivity contribution < 1.29 is 37.4 Å². The van der Waals surface area contributed by atoms with Crippen LogP contribution >= 0.6 is 11.9 Å². The summed E-state index contributed by atoms with van der Waals surface area (Å²) in [4.78, 5) is 29.5. The number of aromatic nitrogens is 4. The number of alkyl halides is 3. The number of Topliss-reactive ketones (excluding diaryl/α,β-unsaturated/α-hetero) is 1. The number of ketones is 1. The number of piperidine rings is 1. The molecule has 10 nitrogen and oxygen atoms in total. The minimum Gasteiger partial charge on any atom is -0.481 e. The Morgan fingerprint density at radius 1 is 1.16 bits per heavy atom. The molecule has 1 aromatic carbocycles. The van der Waals surface area contributed by atoms with Crippen LogP contribution in [0, 0.1) is 11.7 Å². The number of aliphatic carboxylic acids is 1. The normalized spacial score (nSPS) is 14.2. The summed E-state index contributed by atoms with van der Waals surface area (Å²) in [6.07, 6.45) is 1.17. The largest absolute Gasteiger partial charge is 0.481 e. The topological polar surface area (TPSA) is 133 Å². The summed E-state index contributed by atoms with van der Waals surface area (Å²) in [7, 11) is 0. The Bertz CT molecular complexity index is 1440. The first-order chi connectivity index (χ1) is 20.6. The van der Waals surface area contributed by atoms with Gasteiger partial charge < -0.3 is 20.3 Å². The van der Waals surface area contributed by atoms with E-state index in [9.17, 15) is 32.3 Å². The molecule has 0 spiro atoms. The van der Waals surface area contributed by atoms with Crippen molar-refractivity contribution in [2.75, 3.05) is 18.4 Å². The van der Waals surface area contributed by atoms with E-state index in [1.807, 2.05) is 11.2 Å². The summed E-state index contributed by atoms with van der Waals surface area (Å²) in [5.41, 5.74) is -2.61. The van der Waals surface area contributed by atoms with Gasteiger partial charge in [-0.15, -0.1) is 0 Å². The zero-order chi connectivity index (χ0) is 32.7. The van der Waals surface area contributed by atoms with Gasteiger partial charge in [0, 0.05) is 42.4 Å². The zero-order valence-corrected chi connectivity index (χ0v) is 25.7. The molecule has 248 valence electrons. The molecule has 4 rings (SSSR count). The number of halogens is 4. The van der Waals surface area contributed by atoms with Crippen LogP contribution in [-0.4, -0.2) is 64.7 Å². The van der Waals surface area contributed by atoms with E-state index in [-0.39, 0.29) is 42.9 Å². The molecule has 3 N–H and O–H groups in total. The second-order valence-electron chi connectivity index (χ2n) is 11.0. The van der Waals surface area contributed by atoms with Crippen LogP contribution < -0.4 is 5.32 Å². The van der Waals surface area contributed by atoms with Gasteiger partial charge in [-0.3, -0.25) is 9.48 Å². The van der Waals surface area contributed by atoms with E-state index in [4.69, 9.17) is 5.11 Å². The van der Waals surface area contributed by atoms with E-state index in [0.717, 1.165) is 12.8 Å². The van der Waals surface area contributed by atoms with Crippen LogP contribution in [0.25, 0.3) is 11.3 Å². The average molecular weight is 657 g/mol. The molecule has 1 aliphatic rings. The van der Waals surface area contributed by atoms with Crippen molar-refractivity contribution in [2.45, 2.75) is 84.0 Å². The summed E-state index contributed by atoms with van der Waals surface area (Å²) >= 11 is 1.31. The molecule has 15 heteroatoms. The van der Waals surface area contributed by atoms with Gasteiger partial charge in [-0.1, -0.05) is 14.4 Å². The lowest BCUT2D eigenvalue weighted by Gasteiger charge is -2.28. The van der Waals surface area contributed by atoms with Crippen LogP contribution in [0.15, 0.2) is 41.7 Å². The standard InChI is InChI=1S/C24H26F4N6O3S.C5H10O.CH4/c1-23(2,37)13-33-12-15(10-30-33)20-17(24(26,27)28)11-29-22(32-20)31-19-4-3-16(9-18(19)25)38-34-7-5-14(6-8-34)21(35)36;1-3-4-5(2)6;/h3-4,9-12,14,37H,5-8,13H2,1-2H3,(H,35,36)(H,29,31,32);3-4H2,1-2H3;1H4. The number of anilines is 2. The molecule has 0 saturated carbocycles. The number of rotatable bonds is 10. The molecule has 0 radical (unpaired) electrons.